The zero-order valence-corrected chi connectivity index (χ0v) is 56.0. The first-order valence-electron chi connectivity index (χ1n) is 34.6. The number of nitrogens with zero attached hydrogens (tertiary/aromatic N) is 1. The van der Waals surface area contributed by atoms with Crippen LogP contribution in [-0.4, -0.2) is 70.0 Å². The highest BCUT2D eigenvalue weighted by Crippen LogP contribution is 2.38. The maximum atomic E-state index is 12.8. The standard InChI is InChI=1S/C74H130NO8P/c1-6-8-10-12-14-16-18-20-22-24-26-28-29-30-31-32-33-34-35-36-37-38-39-40-41-42-43-44-45-47-48-50-52-54-56-58-60-62-64-66-73(76)80-70-72(71-82-84(78,79)81-69-68-75(3,4)5)83-74(77)67-65-63-61-59-57-55-53-51-49-46-27-25-23-21-19-17-15-13-11-9-7-2/h8-11,14-17,20-23,26-28,46,51,53,72H,6-7,12-13,18-19,24-25,29-45,47-50,52,54-71H2,1-5H3/b10-8-,11-9-,16-14-,17-15-,22-20-,23-21-,28-26-,46-27-,53-51-. The van der Waals surface area contributed by atoms with Crippen molar-refractivity contribution >= 4 is 19.8 Å². The molecule has 0 aliphatic carbocycles. The number of quaternary nitrogens is 1. The van der Waals surface area contributed by atoms with E-state index in [1.165, 1.54) is 154 Å². The number of carbonyl (C=O) groups excluding carboxylic acids is 2. The van der Waals surface area contributed by atoms with Gasteiger partial charge >= 0.3 is 11.9 Å². The SMILES string of the molecule is CC/C=C\C/C=C\C/C=C\C/C=C\C/C=C\CCCCCCCC(=O)OC(COC(=O)CCCCCCCCCCCCCCCCCCCCCCCCCCCC/C=C\C/C=C\C/C=C\C/C=C\CC)COP(=O)([O-])OCC[N+](C)(C)C. The van der Waals surface area contributed by atoms with Crippen LogP contribution in [0.2, 0.25) is 0 Å². The number of unbranched alkanes of at least 4 members (excludes halogenated alkanes) is 31. The second kappa shape index (κ2) is 64.2. The van der Waals surface area contributed by atoms with Crippen LogP contribution < -0.4 is 4.89 Å². The molecule has 0 N–H and O–H groups in total. The van der Waals surface area contributed by atoms with Gasteiger partial charge in [0.15, 0.2) is 6.10 Å². The molecular weight excluding hydrogens is 1060 g/mol. The van der Waals surface area contributed by atoms with Crippen LogP contribution in [0.5, 0.6) is 0 Å². The summed E-state index contributed by atoms with van der Waals surface area (Å²) < 4.78 is 34.2. The summed E-state index contributed by atoms with van der Waals surface area (Å²) in [6.07, 6.45) is 90.4. The number of likely N-dealkylation sites (N-methyl/N-ethyl adjacent to an activating group) is 1. The van der Waals surface area contributed by atoms with Crippen LogP contribution >= 0.6 is 7.82 Å². The summed E-state index contributed by atoms with van der Waals surface area (Å²) in [6, 6.07) is 0. The molecule has 9 nitrogen and oxygen atoms in total. The van der Waals surface area contributed by atoms with Crippen LogP contribution in [0.1, 0.15) is 296 Å². The van der Waals surface area contributed by atoms with Gasteiger partial charge in [0.05, 0.1) is 27.7 Å². The van der Waals surface area contributed by atoms with Crippen molar-refractivity contribution in [3.63, 3.8) is 0 Å². The highest BCUT2D eigenvalue weighted by atomic mass is 31.2. The molecule has 0 aliphatic heterocycles. The Morgan fingerprint density at radius 2 is 0.643 bits per heavy atom. The molecule has 484 valence electrons. The molecule has 0 rings (SSSR count). The van der Waals surface area contributed by atoms with Crippen LogP contribution in [0.4, 0.5) is 0 Å². The topological polar surface area (TPSA) is 111 Å². The van der Waals surface area contributed by atoms with E-state index in [0.29, 0.717) is 17.4 Å². The molecule has 10 heteroatoms. The Labute approximate surface area is 518 Å². The monoisotopic (exact) mass is 1190 g/mol. The average Bonchev–Trinajstić information content (AvgIpc) is 3.61. The molecule has 2 unspecified atom stereocenters. The van der Waals surface area contributed by atoms with E-state index < -0.39 is 26.5 Å². The molecule has 0 fully saturated rings. The molecule has 0 spiro atoms. The van der Waals surface area contributed by atoms with Gasteiger partial charge in [0, 0.05) is 12.8 Å². The third-order valence-electron chi connectivity index (χ3n) is 14.8. The molecule has 0 aromatic heterocycles. The molecule has 0 saturated heterocycles. The van der Waals surface area contributed by atoms with Gasteiger partial charge in [0.1, 0.15) is 19.8 Å². The summed E-state index contributed by atoms with van der Waals surface area (Å²) in [5, 5.41) is 0. The molecule has 84 heavy (non-hydrogen) atoms. The van der Waals surface area contributed by atoms with Crippen LogP contribution in [-0.2, 0) is 32.7 Å². The summed E-state index contributed by atoms with van der Waals surface area (Å²) in [6.45, 7) is 4.01. The van der Waals surface area contributed by atoms with Gasteiger partial charge in [-0.15, -0.1) is 0 Å². The fraction of sp³-hybridized carbons (Fsp3) is 0.730. The van der Waals surface area contributed by atoms with Gasteiger partial charge in [-0.1, -0.05) is 297 Å². The first-order chi connectivity index (χ1) is 41.0. The molecule has 2 atom stereocenters. The molecule has 0 saturated carbocycles. The fourth-order valence-electron chi connectivity index (χ4n) is 9.56. The van der Waals surface area contributed by atoms with Gasteiger partial charge in [0.25, 0.3) is 7.82 Å². The van der Waals surface area contributed by atoms with Crippen molar-refractivity contribution in [3.8, 4) is 0 Å². The van der Waals surface area contributed by atoms with E-state index in [9.17, 15) is 19.0 Å². The van der Waals surface area contributed by atoms with Crippen LogP contribution in [0.15, 0.2) is 109 Å². The molecule has 0 aliphatic rings. The number of ether oxygens (including phenoxy) is 2. The number of phosphoric ester groups is 1. The number of carbonyl (C=O) groups is 2. The third-order valence-corrected chi connectivity index (χ3v) is 15.8. The van der Waals surface area contributed by atoms with Crippen LogP contribution in [0, 0.1) is 0 Å². The average molecular weight is 1190 g/mol. The van der Waals surface area contributed by atoms with Crippen molar-refractivity contribution in [2.75, 3.05) is 47.5 Å². The van der Waals surface area contributed by atoms with E-state index in [4.69, 9.17) is 18.5 Å². The second-order valence-electron chi connectivity index (χ2n) is 24.1. The molecule has 0 heterocycles. The van der Waals surface area contributed by atoms with Crippen molar-refractivity contribution in [1.29, 1.82) is 0 Å². The highest BCUT2D eigenvalue weighted by molar-refractivity contribution is 7.45. The number of hydrogen-bond donors (Lipinski definition) is 0. The van der Waals surface area contributed by atoms with Gasteiger partial charge < -0.3 is 27.9 Å². The molecular formula is C74H130NO8P. The van der Waals surface area contributed by atoms with Gasteiger partial charge in [-0.3, -0.25) is 14.2 Å². The molecule has 0 aromatic carbocycles. The minimum Gasteiger partial charge on any atom is -0.756 e. The van der Waals surface area contributed by atoms with E-state index in [2.05, 4.69) is 123 Å². The Kier molecular flexibility index (Phi) is 61.6. The predicted octanol–water partition coefficient (Wildman–Crippen LogP) is 21.9. The summed E-state index contributed by atoms with van der Waals surface area (Å²) >= 11 is 0. The maximum absolute atomic E-state index is 12.8. The lowest BCUT2D eigenvalue weighted by Gasteiger charge is -2.28. The number of rotatable bonds is 63. The minimum absolute atomic E-state index is 0.0381. The van der Waals surface area contributed by atoms with Gasteiger partial charge in [0.2, 0.25) is 0 Å². The summed E-state index contributed by atoms with van der Waals surface area (Å²) in [4.78, 5) is 38.0. The largest absolute Gasteiger partial charge is 0.756 e. The first-order valence-corrected chi connectivity index (χ1v) is 36.1. The van der Waals surface area contributed by atoms with Gasteiger partial charge in [-0.05, 0) is 96.3 Å². The predicted molar refractivity (Wildman–Crippen MR) is 360 cm³/mol. The van der Waals surface area contributed by atoms with Gasteiger partial charge in [-0.25, -0.2) is 0 Å². The van der Waals surface area contributed by atoms with Crippen molar-refractivity contribution in [2.45, 2.75) is 302 Å². The molecule has 0 aromatic rings. The number of phosphoric acid groups is 1. The van der Waals surface area contributed by atoms with Crippen LogP contribution in [0.3, 0.4) is 0 Å². The molecule has 0 bridgehead atoms. The van der Waals surface area contributed by atoms with E-state index in [-0.39, 0.29) is 32.0 Å². The molecule has 0 amide bonds. The number of hydrogen-bond acceptors (Lipinski definition) is 8. The lowest BCUT2D eigenvalue weighted by Crippen LogP contribution is -2.37. The normalized spacial score (nSPS) is 13.8. The smallest absolute Gasteiger partial charge is 0.306 e. The number of esters is 2. The summed E-state index contributed by atoms with van der Waals surface area (Å²) in [5.74, 6) is -0.850. The van der Waals surface area contributed by atoms with E-state index in [0.717, 1.165) is 109 Å². The van der Waals surface area contributed by atoms with Crippen molar-refractivity contribution in [3.05, 3.63) is 109 Å². The number of allylic oxidation sites excluding steroid dienone is 18. The Hall–Kier alpha value is -3.33. The van der Waals surface area contributed by atoms with E-state index >= 15 is 0 Å². The Bertz CT molecular complexity index is 1790. The summed E-state index contributed by atoms with van der Waals surface area (Å²) in [5.41, 5.74) is 0. The van der Waals surface area contributed by atoms with E-state index in [1.807, 2.05) is 21.1 Å². The summed E-state index contributed by atoms with van der Waals surface area (Å²) in [7, 11) is 1.15. The van der Waals surface area contributed by atoms with Crippen LogP contribution in [0.25, 0.3) is 0 Å². The Morgan fingerprint density at radius 3 is 0.952 bits per heavy atom. The lowest BCUT2D eigenvalue weighted by molar-refractivity contribution is -0.870. The Balaban J connectivity index is 3.96. The van der Waals surface area contributed by atoms with Crippen molar-refractivity contribution in [1.82, 2.24) is 0 Å². The van der Waals surface area contributed by atoms with Crippen molar-refractivity contribution < 1.29 is 42.1 Å². The highest BCUT2D eigenvalue weighted by Gasteiger charge is 2.22. The Morgan fingerprint density at radius 1 is 0.369 bits per heavy atom. The third kappa shape index (κ3) is 67.8. The lowest BCUT2D eigenvalue weighted by atomic mass is 10.0. The zero-order valence-electron chi connectivity index (χ0n) is 55.1. The zero-order chi connectivity index (χ0) is 61.2. The first kappa shape index (κ1) is 80.7. The maximum Gasteiger partial charge on any atom is 0.306 e. The van der Waals surface area contributed by atoms with E-state index in [1.54, 1.807) is 0 Å². The minimum atomic E-state index is -4.65. The van der Waals surface area contributed by atoms with Gasteiger partial charge in [-0.2, -0.15) is 0 Å². The fourth-order valence-corrected chi connectivity index (χ4v) is 10.3. The molecule has 0 radical (unpaired) electrons. The quantitative estimate of drug-likeness (QED) is 0.0195. The second-order valence-corrected chi connectivity index (χ2v) is 25.5. The van der Waals surface area contributed by atoms with Crippen molar-refractivity contribution in [2.24, 2.45) is 0 Å².